The van der Waals surface area contributed by atoms with Gasteiger partial charge in [-0.05, 0) is 74.7 Å². The Morgan fingerprint density at radius 1 is 1.06 bits per heavy atom. The summed E-state index contributed by atoms with van der Waals surface area (Å²) >= 11 is 0. The topological polar surface area (TPSA) is 94.6 Å². The molecule has 4 rings (SSSR count). The van der Waals surface area contributed by atoms with Crippen molar-refractivity contribution in [2.45, 2.75) is 61.4 Å². The van der Waals surface area contributed by atoms with Gasteiger partial charge in [0.15, 0.2) is 9.84 Å². The van der Waals surface area contributed by atoms with Gasteiger partial charge in [-0.25, -0.2) is 13.2 Å². The van der Waals surface area contributed by atoms with Crippen molar-refractivity contribution in [2.24, 2.45) is 0 Å². The Hall–Kier alpha value is -2.75. The highest BCUT2D eigenvalue weighted by Crippen LogP contribution is 2.27. The van der Waals surface area contributed by atoms with Crippen LogP contribution in [0.4, 0.5) is 10.5 Å². The second-order valence-corrected chi connectivity index (χ2v) is 11.6. The number of piperidine rings is 1. The molecule has 8 nitrogen and oxygen atoms in total. The zero-order chi connectivity index (χ0) is 25.4. The van der Waals surface area contributed by atoms with E-state index in [1.165, 1.54) is 25.7 Å². The number of aromatic nitrogens is 1. The van der Waals surface area contributed by atoms with Gasteiger partial charge >= 0.3 is 6.03 Å². The summed E-state index contributed by atoms with van der Waals surface area (Å²) in [6.07, 6.45) is 12.0. The zero-order valence-corrected chi connectivity index (χ0v) is 21.6. The molecule has 1 unspecified atom stereocenters. The fourth-order valence-electron chi connectivity index (χ4n) is 5.17. The average Bonchev–Trinajstić information content (AvgIpc) is 3.19. The molecule has 2 amide bonds. The summed E-state index contributed by atoms with van der Waals surface area (Å²) in [7, 11) is -3.63. The molecule has 0 saturated carbocycles. The fraction of sp³-hybridized carbons (Fsp3) is 0.481. The maximum atomic E-state index is 13.5. The number of sulfone groups is 1. The van der Waals surface area contributed by atoms with Crippen molar-refractivity contribution in [1.82, 2.24) is 20.1 Å². The molecule has 2 fully saturated rings. The highest BCUT2D eigenvalue weighted by molar-refractivity contribution is 7.92. The minimum absolute atomic E-state index is 0.225. The normalized spacial score (nSPS) is 19.2. The minimum Gasteiger partial charge on any atom is -0.334 e. The Balaban J connectivity index is 1.32. The van der Waals surface area contributed by atoms with E-state index in [-0.39, 0.29) is 10.9 Å². The number of urea groups is 1. The largest absolute Gasteiger partial charge is 0.334 e. The monoisotopic (exact) mass is 511 g/mol. The number of amides is 2. The number of hydrogen-bond acceptors (Lipinski definition) is 6. The first-order valence-corrected chi connectivity index (χ1v) is 14.4. The number of hydrogen-bond donors (Lipinski definition) is 2. The van der Waals surface area contributed by atoms with Gasteiger partial charge < -0.3 is 15.5 Å². The Morgan fingerprint density at radius 3 is 2.36 bits per heavy atom. The molecule has 2 N–H and O–H groups in total. The average molecular weight is 512 g/mol. The number of rotatable bonds is 8. The number of anilines is 1. The molecule has 2 saturated heterocycles. The lowest BCUT2D eigenvalue weighted by Crippen LogP contribution is -2.49. The lowest BCUT2D eigenvalue weighted by molar-refractivity contribution is 0.110. The fourth-order valence-corrected chi connectivity index (χ4v) is 6.82. The maximum absolute atomic E-state index is 13.5. The van der Waals surface area contributed by atoms with E-state index in [0.29, 0.717) is 18.3 Å². The number of carbonyl (C=O) groups is 1. The maximum Gasteiger partial charge on any atom is 0.319 e. The molecule has 36 heavy (non-hydrogen) atoms. The third-order valence-corrected chi connectivity index (χ3v) is 9.21. The van der Waals surface area contributed by atoms with Crippen molar-refractivity contribution in [3.8, 4) is 0 Å². The first kappa shape index (κ1) is 26.3. The molecular weight excluding hydrogens is 474 g/mol. The van der Waals surface area contributed by atoms with Crippen LogP contribution in [0.25, 0.3) is 0 Å². The summed E-state index contributed by atoms with van der Waals surface area (Å²) in [6.45, 7) is 8.01. The minimum atomic E-state index is -3.63. The molecule has 2 aliphatic heterocycles. The van der Waals surface area contributed by atoms with Gasteiger partial charge in [0.1, 0.15) is 5.37 Å². The first-order valence-electron chi connectivity index (χ1n) is 12.9. The zero-order valence-electron chi connectivity index (χ0n) is 20.8. The smallest absolute Gasteiger partial charge is 0.319 e. The first-order chi connectivity index (χ1) is 17.5. The highest BCUT2D eigenvalue weighted by Gasteiger charge is 2.34. The van der Waals surface area contributed by atoms with Crippen LogP contribution in [0.2, 0.25) is 0 Å². The van der Waals surface area contributed by atoms with Gasteiger partial charge in [0.2, 0.25) is 0 Å². The van der Waals surface area contributed by atoms with Crippen LogP contribution < -0.4 is 10.6 Å². The number of pyridine rings is 1. The number of likely N-dealkylation sites (tertiary alicyclic amines) is 2. The van der Waals surface area contributed by atoms with E-state index in [1.54, 1.807) is 42.7 Å². The van der Waals surface area contributed by atoms with E-state index < -0.39 is 15.2 Å². The Kier molecular flexibility index (Phi) is 9.12. The van der Waals surface area contributed by atoms with Crippen molar-refractivity contribution < 1.29 is 13.2 Å². The molecule has 0 bridgehead atoms. The molecule has 2 aromatic rings. The van der Waals surface area contributed by atoms with Crippen LogP contribution in [-0.4, -0.2) is 66.8 Å². The summed E-state index contributed by atoms with van der Waals surface area (Å²) in [4.78, 5) is 21.1. The van der Waals surface area contributed by atoms with E-state index in [4.69, 9.17) is 0 Å². The third kappa shape index (κ3) is 6.72. The highest BCUT2D eigenvalue weighted by atomic mass is 32.2. The summed E-state index contributed by atoms with van der Waals surface area (Å²) in [5.41, 5.74) is 1.41. The molecule has 1 aromatic heterocycles. The molecular formula is C27H37N5O3S. The van der Waals surface area contributed by atoms with Crippen molar-refractivity contribution in [1.29, 1.82) is 0 Å². The number of nitrogens with zero attached hydrogens (tertiary/aromatic N) is 3. The molecule has 0 spiro atoms. The van der Waals surface area contributed by atoms with Gasteiger partial charge in [0, 0.05) is 43.8 Å². The van der Waals surface area contributed by atoms with Crippen molar-refractivity contribution in [3.63, 3.8) is 0 Å². The molecule has 194 valence electrons. The van der Waals surface area contributed by atoms with Gasteiger partial charge in [-0.3, -0.25) is 9.88 Å². The van der Waals surface area contributed by atoms with E-state index in [2.05, 4.69) is 27.1 Å². The second-order valence-electron chi connectivity index (χ2n) is 9.58. The third-order valence-electron chi connectivity index (χ3n) is 7.15. The van der Waals surface area contributed by atoms with Crippen LogP contribution in [-0.2, 0) is 16.4 Å². The SMILES string of the molecule is C=CC(N1CCC(N2CCCCCC2)CC1)S(=O)(=O)c1ccc(NC(=O)NCc2cccnc2)cc1. The van der Waals surface area contributed by atoms with Gasteiger partial charge in [-0.15, -0.1) is 6.58 Å². The number of benzene rings is 1. The quantitative estimate of drug-likeness (QED) is 0.520. The molecule has 9 heteroatoms. The molecule has 3 heterocycles. The molecule has 0 radical (unpaired) electrons. The Labute approximate surface area is 214 Å². The molecule has 2 aliphatic rings. The predicted molar refractivity (Wildman–Crippen MR) is 142 cm³/mol. The van der Waals surface area contributed by atoms with Crippen LogP contribution in [0.5, 0.6) is 0 Å². The van der Waals surface area contributed by atoms with Crippen molar-refractivity contribution in [3.05, 3.63) is 67.0 Å². The summed E-state index contributed by atoms with van der Waals surface area (Å²) in [5, 5.41) is 4.74. The number of nitrogens with one attached hydrogen (secondary N) is 2. The van der Waals surface area contributed by atoms with Crippen LogP contribution in [0.15, 0.2) is 66.3 Å². The van der Waals surface area contributed by atoms with Gasteiger partial charge in [-0.2, -0.15) is 0 Å². The van der Waals surface area contributed by atoms with Crippen molar-refractivity contribution in [2.75, 3.05) is 31.5 Å². The van der Waals surface area contributed by atoms with Crippen molar-refractivity contribution >= 4 is 21.6 Å². The lowest BCUT2D eigenvalue weighted by atomic mass is 10.0. The predicted octanol–water partition coefficient (Wildman–Crippen LogP) is 4.03. The van der Waals surface area contributed by atoms with E-state index >= 15 is 0 Å². The van der Waals surface area contributed by atoms with Crippen LogP contribution in [0.1, 0.15) is 44.1 Å². The van der Waals surface area contributed by atoms with Crippen LogP contribution in [0.3, 0.4) is 0 Å². The van der Waals surface area contributed by atoms with E-state index in [9.17, 15) is 13.2 Å². The summed E-state index contributed by atoms with van der Waals surface area (Å²) in [5.74, 6) is 0. The number of carbonyl (C=O) groups excluding carboxylic acids is 1. The van der Waals surface area contributed by atoms with E-state index in [0.717, 1.165) is 44.6 Å². The Bertz CT molecular complexity index is 1090. The molecule has 1 aromatic carbocycles. The van der Waals surface area contributed by atoms with Crippen LogP contribution >= 0.6 is 0 Å². The Morgan fingerprint density at radius 2 is 1.75 bits per heavy atom. The standard InChI is InChI=1S/C27H37N5O3S/c1-2-26(32-18-13-24(14-19-32)31-16-5-3-4-6-17-31)36(34,35)25-11-9-23(10-12-25)30-27(33)29-21-22-8-7-15-28-20-22/h2,7-12,15,20,24,26H,1,3-6,13-14,16-19,21H2,(H2,29,30,33). The van der Waals surface area contributed by atoms with Gasteiger partial charge in [-0.1, -0.05) is 25.0 Å². The lowest BCUT2D eigenvalue weighted by Gasteiger charge is -2.40. The summed E-state index contributed by atoms with van der Waals surface area (Å²) < 4.78 is 26.9. The summed E-state index contributed by atoms with van der Waals surface area (Å²) in [6, 6.07) is 10.2. The molecule has 0 aliphatic carbocycles. The molecule has 1 atom stereocenters. The van der Waals surface area contributed by atoms with E-state index in [1.807, 2.05) is 17.0 Å². The van der Waals surface area contributed by atoms with Crippen LogP contribution in [0, 0.1) is 0 Å². The second kappa shape index (κ2) is 12.5. The van der Waals surface area contributed by atoms with Gasteiger partial charge in [0.25, 0.3) is 0 Å². The van der Waals surface area contributed by atoms with Gasteiger partial charge in [0.05, 0.1) is 4.90 Å².